The van der Waals surface area contributed by atoms with E-state index in [2.05, 4.69) is 0 Å². The number of fused-ring (bicyclic) bond motifs is 5. The maximum Gasteiger partial charge on any atom is 0.397 e. The summed E-state index contributed by atoms with van der Waals surface area (Å²) >= 11 is 0. The fourth-order valence-corrected chi connectivity index (χ4v) is 9.99. The molecular formula is C28H48O11S. The van der Waals surface area contributed by atoms with E-state index >= 15 is 0 Å². The zero-order valence-electron chi connectivity index (χ0n) is 24.2. The van der Waals surface area contributed by atoms with Gasteiger partial charge in [-0.05, 0) is 59.7 Å². The van der Waals surface area contributed by atoms with Gasteiger partial charge in [0.05, 0.1) is 30.5 Å². The van der Waals surface area contributed by atoms with Crippen molar-refractivity contribution in [3.05, 3.63) is 0 Å². The van der Waals surface area contributed by atoms with E-state index in [1.165, 1.54) is 0 Å². The van der Waals surface area contributed by atoms with Crippen molar-refractivity contribution in [3.63, 3.8) is 0 Å². The normalized spacial score (nSPS) is 48.6. The molecule has 232 valence electrons. The Hall–Kier alpha value is -0.700. The number of ketones is 1. The summed E-state index contributed by atoms with van der Waals surface area (Å²) in [6.45, 7) is 11.4. The van der Waals surface area contributed by atoms with Gasteiger partial charge in [-0.2, -0.15) is 8.42 Å². The highest BCUT2D eigenvalue weighted by Crippen LogP contribution is 2.67. The van der Waals surface area contributed by atoms with E-state index < -0.39 is 93.5 Å². The number of aliphatic hydroxyl groups is 6. The Bertz CT molecular complexity index is 1070. The predicted octanol–water partition coefficient (Wildman–Crippen LogP) is 0.546. The lowest BCUT2D eigenvalue weighted by Gasteiger charge is -2.64. The lowest BCUT2D eigenvalue weighted by Crippen LogP contribution is -2.70. The number of carbonyl (C=O) groups excluding carboxylic acids is 1. The van der Waals surface area contributed by atoms with Crippen LogP contribution < -0.4 is 0 Å². The highest BCUT2D eigenvalue weighted by atomic mass is 32.3. The molecule has 7 N–H and O–H groups in total. The Kier molecular flexibility index (Phi) is 8.68. The minimum absolute atomic E-state index is 0.0944. The number of hydrogen-bond acceptors (Lipinski definition) is 10. The van der Waals surface area contributed by atoms with E-state index in [0.29, 0.717) is 12.8 Å². The Morgan fingerprint density at radius 1 is 0.900 bits per heavy atom. The molecule has 4 saturated carbocycles. The fourth-order valence-electron chi connectivity index (χ4n) is 9.50. The molecule has 0 aromatic rings. The minimum Gasteiger partial charge on any atom is -0.390 e. The summed E-state index contributed by atoms with van der Waals surface area (Å²) < 4.78 is 37.0. The van der Waals surface area contributed by atoms with Crippen molar-refractivity contribution in [1.29, 1.82) is 0 Å². The molecule has 0 aromatic carbocycles. The van der Waals surface area contributed by atoms with Gasteiger partial charge in [0, 0.05) is 24.2 Å². The highest BCUT2D eigenvalue weighted by molar-refractivity contribution is 7.80. The highest BCUT2D eigenvalue weighted by Gasteiger charge is 2.70. The van der Waals surface area contributed by atoms with Crippen LogP contribution in [0.2, 0.25) is 0 Å². The molecule has 0 aromatic heterocycles. The molecule has 11 nitrogen and oxygen atoms in total. The molecule has 16 unspecified atom stereocenters. The van der Waals surface area contributed by atoms with Crippen molar-refractivity contribution in [3.8, 4) is 0 Å². The minimum atomic E-state index is -4.96. The van der Waals surface area contributed by atoms with Crippen molar-refractivity contribution < 1.29 is 52.6 Å². The summed E-state index contributed by atoms with van der Waals surface area (Å²) in [6, 6.07) is 0. The molecule has 4 aliphatic rings. The second kappa shape index (κ2) is 10.8. The number of aliphatic hydroxyl groups excluding tert-OH is 6. The van der Waals surface area contributed by atoms with E-state index in [0.717, 1.165) is 0 Å². The summed E-state index contributed by atoms with van der Waals surface area (Å²) in [4.78, 5) is 13.7. The van der Waals surface area contributed by atoms with Crippen LogP contribution in [0.5, 0.6) is 0 Å². The fraction of sp³-hybridized carbons (Fsp3) is 0.964. The summed E-state index contributed by atoms with van der Waals surface area (Å²) in [5.41, 5.74) is -1.68. The van der Waals surface area contributed by atoms with Crippen LogP contribution in [0.3, 0.4) is 0 Å². The summed E-state index contributed by atoms with van der Waals surface area (Å²) in [7, 11) is -4.96. The largest absolute Gasteiger partial charge is 0.397 e. The van der Waals surface area contributed by atoms with Crippen molar-refractivity contribution >= 4 is 16.2 Å². The first-order valence-corrected chi connectivity index (χ1v) is 15.9. The van der Waals surface area contributed by atoms with Crippen LogP contribution >= 0.6 is 0 Å². The van der Waals surface area contributed by atoms with Crippen molar-refractivity contribution in [2.75, 3.05) is 0 Å². The number of carbonyl (C=O) groups is 1. The lowest BCUT2D eigenvalue weighted by atomic mass is 9.42. The molecule has 12 heteroatoms. The number of rotatable bonds is 7. The maximum absolute atomic E-state index is 13.7. The molecule has 40 heavy (non-hydrogen) atoms. The van der Waals surface area contributed by atoms with Crippen LogP contribution in [-0.4, -0.2) is 92.1 Å². The molecule has 4 aliphatic carbocycles. The van der Waals surface area contributed by atoms with Gasteiger partial charge in [-0.3, -0.25) is 9.35 Å². The number of Topliss-reactive ketones (excluding diaryl/α,β-unsaturated/α-hetero) is 1. The molecule has 0 heterocycles. The third kappa shape index (κ3) is 4.98. The molecule has 4 rings (SSSR count). The third-order valence-electron chi connectivity index (χ3n) is 12.0. The molecule has 0 bridgehead atoms. The van der Waals surface area contributed by atoms with Gasteiger partial charge in [-0.25, -0.2) is 4.18 Å². The van der Waals surface area contributed by atoms with Crippen LogP contribution in [0, 0.1) is 58.2 Å². The Labute approximate surface area is 236 Å². The first-order chi connectivity index (χ1) is 18.3. The quantitative estimate of drug-likeness (QED) is 0.203. The zero-order chi connectivity index (χ0) is 30.3. The summed E-state index contributed by atoms with van der Waals surface area (Å²) in [5.74, 6) is -3.65. The zero-order valence-corrected chi connectivity index (χ0v) is 25.0. The first kappa shape index (κ1) is 32.2. The van der Waals surface area contributed by atoms with Crippen molar-refractivity contribution in [2.24, 2.45) is 58.2 Å². The molecule has 0 radical (unpaired) electrons. The van der Waals surface area contributed by atoms with Gasteiger partial charge in [-0.15, -0.1) is 0 Å². The lowest BCUT2D eigenvalue weighted by molar-refractivity contribution is -0.264. The second-order valence-corrected chi connectivity index (χ2v) is 15.2. The topological polar surface area (TPSA) is 202 Å². The molecule has 4 fully saturated rings. The van der Waals surface area contributed by atoms with Gasteiger partial charge in [0.25, 0.3) is 0 Å². The Morgan fingerprint density at radius 2 is 1.48 bits per heavy atom. The smallest absolute Gasteiger partial charge is 0.390 e. The van der Waals surface area contributed by atoms with Crippen LogP contribution in [0.1, 0.15) is 67.2 Å². The SMILES string of the molecule is CC(C)C(C)C(O)C(O)C(C)C1CC(=O)C2C3C(O)C(O)C4C(O)C(O)C(OS(=O)(=O)O)CC4(C)C3CCC12C. The van der Waals surface area contributed by atoms with Gasteiger partial charge >= 0.3 is 10.4 Å². The van der Waals surface area contributed by atoms with E-state index in [9.17, 15) is 48.4 Å². The van der Waals surface area contributed by atoms with E-state index in [-0.39, 0.29) is 36.4 Å². The maximum atomic E-state index is 13.7. The van der Waals surface area contributed by atoms with E-state index in [1.54, 1.807) is 6.92 Å². The predicted molar refractivity (Wildman–Crippen MR) is 143 cm³/mol. The van der Waals surface area contributed by atoms with Crippen LogP contribution in [0.4, 0.5) is 0 Å². The molecule has 0 amide bonds. The molecule has 0 saturated heterocycles. The van der Waals surface area contributed by atoms with Crippen LogP contribution in [-0.2, 0) is 19.4 Å². The average molecular weight is 593 g/mol. The van der Waals surface area contributed by atoms with Crippen LogP contribution in [0.25, 0.3) is 0 Å². The monoisotopic (exact) mass is 592 g/mol. The van der Waals surface area contributed by atoms with Crippen LogP contribution in [0.15, 0.2) is 0 Å². The van der Waals surface area contributed by atoms with E-state index in [4.69, 9.17) is 4.18 Å². The van der Waals surface area contributed by atoms with Gasteiger partial charge in [0.2, 0.25) is 0 Å². The molecule has 0 spiro atoms. The summed E-state index contributed by atoms with van der Waals surface area (Å²) in [5, 5.41) is 66.4. The van der Waals surface area contributed by atoms with Crippen molar-refractivity contribution in [2.45, 2.75) is 110 Å². The average Bonchev–Trinajstić information content (AvgIpc) is 3.12. The van der Waals surface area contributed by atoms with Gasteiger partial charge < -0.3 is 30.6 Å². The van der Waals surface area contributed by atoms with Crippen molar-refractivity contribution in [1.82, 2.24) is 0 Å². The van der Waals surface area contributed by atoms with E-state index in [1.807, 2.05) is 34.6 Å². The standard InChI is InChI=1S/C28H48O11S/c1-11(2)12(3)21(30)22(31)13(4)15-9-16(29)19-18-14(7-8-27(15,19)5)28(6)10-17(39-40(36,37)38)23(32)25(34)20(28)26(35)24(18)33/h11-15,17-26,30-35H,7-10H2,1-6H3,(H,36,37,38). The second-order valence-electron chi connectivity index (χ2n) is 14.2. The summed E-state index contributed by atoms with van der Waals surface area (Å²) in [6.07, 6.45) is -8.72. The van der Waals surface area contributed by atoms with Gasteiger partial charge in [0.1, 0.15) is 18.0 Å². The first-order valence-electron chi connectivity index (χ1n) is 14.5. The molecular weight excluding hydrogens is 544 g/mol. The third-order valence-corrected chi connectivity index (χ3v) is 12.5. The molecule has 0 aliphatic heterocycles. The van der Waals surface area contributed by atoms with Gasteiger partial charge in [-0.1, -0.05) is 41.5 Å². The van der Waals surface area contributed by atoms with Gasteiger partial charge in [0.15, 0.2) is 0 Å². The number of hydrogen-bond donors (Lipinski definition) is 7. The Balaban J connectivity index is 1.68. The Morgan fingerprint density at radius 3 is 2.02 bits per heavy atom. The molecule has 16 atom stereocenters.